The molecule has 2 rings (SSSR count). The number of alkyl halides is 3. The average Bonchev–Trinajstić information content (AvgIpc) is 2.36. The van der Waals surface area contributed by atoms with Gasteiger partial charge in [0.1, 0.15) is 0 Å². The lowest BCUT2D eigenvalue weighted by atomic mass is 10.0. The summed E-state index contributed by atoms with van der Waals surface area (Å²) in [6.45, 7) is 0. The Kier molecular flexibility index (Phi) is 3.83. The van der Waals surface area contributed by atoms with Crippen molar-refractivity contribution in [2.45, 2.75) is 25.4 Å². The number of hydrogen-bond acceptors (Lipinski definition) is 2. The molecule has 0 bridgehead atoms. The van der Waals surface area contributed by atoms with Crippen molar-refractivity contribution < 1.29 is 18.0 Å². The number of aromatic nitrogens is 1. The molecule has 0 saturated heterocycles. The summed E-state index contributed by atoms with van der Waals surface area (Å²) in [5.74, 6) is -0.275. The molecule has 19 heavy (non-hydrogen) atoms. The van der Waals surface area contributed by atoms with Crippen LogP contribution in [0.5, 0.6) is 0 Å². The summed E-state index contributed by atoms with van der Waals surface area (Å²) >= 11 is 0. The van der Waals surface area contributed by atoms with Crippen molar-refractivity contribution in [1.82, 2.24) is 4.98 Å². The summed E-state index contributed by atoms with van der Waals surface area (Å²) < 4.78 is 36.1. The van der Waals surface area contributed by atoms with E-state index in [0.29, 0.717) is 16.5 Å². The first kappa shape index (κ1) is 13.5. The van der Waals surface area contributed by atoms with Crippen molar-refractivity contribution in [2.24, 2.45) is 0 Å². The highest BCUT2D eigenvalue weighted by molar-refractivity contribution is 6.07. The van der Waals surface area contributed by atoms with Crippen molar-refractivity contribution in [1.29, 1.82) is 0 Å². The Morgan fingerprint density at radius 1 is 1.16 bits per heavy atom. The first-order chi connectivity index (χ1) is 8.97. The third kappa shape index (κ3) is 3.53. The Labute approximate surface area is 108 Å². The van der Waals surface area contributed by atoms with E-state index < -0.39 is 12.6 Å². The van der Waals surface area contributed by atoms with Crippen LogP contribution in [0.1, 0.15) is 29.6 Å². The van der Waals surface area contributed by atoms with Crippen LogP contribution in [0.3, 0.4) is 0 Å². The SMILES string of the molecule is O=C(CCCC(F)(F)F)c1ccnc2ccccc12. The highest BCUT2D eigenvalue weighted by Gasteiger charge is 2.26. The van der Waals surface area contributed by atoms with Gasteiger partial charge in [-0.05, 0) is 18.6 Å². The number of pyridine rings is 1. The molecule has 1 aromatic heterocycles. The van der Waals surface area contributed by atoms with E-state index in [1.165, 1.54) is 6.20 Å². The minimum atomic E-state index is -4.21. The van der Waals surface area contributed by atoms with Gasteiger partial charge in [0.15, 0.2) is 5.78 Å². The van der Waals surface area contributed by atoms with Crippen LogP contribution in [0.2, 0.25) is 0 Å². The summed E-state index contributed by atoms with van der Waals surface area (Å²) in [6.07, 6.45) is -3.92. The molecule has 0 unspecified atom stereocenters. The number of nitrogens with zero attached hydrogens (tertiary/aromatic N) is 1. The first-order valence-electron chi connectivity index (χ1n) is 5.91. The van der Waals surface area contributed by atoms with Gasteiger partial charge in [-0.25, -0.2) is 0 Å². The van der Waals surface area contributed by atoms with Crippen LogP contribution in [0.25, 0.3) is 10.9 Å². The Morgan fingerprint density at radius 2 is 1.89 bits per heavy atom. The lowest BCUT2D eigenvalue weighted by Crippen LogP contribution is -2.08. The van der Waals surface area contributed by atoms with Gasteiger partial charge < -0.3 is 0 Å². The van der Waals surface area contributed by atoms with Crippen LogP contribution in [0, 0.1) is 0 Å². The second-order valence-electron chi connectivity index (χ2n) is 4.27. The van der Waals surface area contributed by atoms with Crippen molar-refractivity contribution >= 4 is 16.7 Å². The van der Waals surface area contributed by atoms with Gasteiger partial charge in [-0.15, -0.1) is 0 Å². The largest absolute Gasteiger partial charge is 0.389 e. The third-order valence-electron chi connectivity index (χ3n) is 2.81. The molecule has 5 heteroatoms. The van der Waals surface area contributed by atoms with E-state index in [0.717, 1.165) is 0 Å². The number of carbonyl (C=O) groups is 1. The predicted molar refractivity (Wildman–Crippen MR) is 66.0 cm³/mol. The lowest BCUT2D eigenvalue weighted by molar-refractivity contribution is -0.135. The smallest absolute Gasteiger partial charge is 0.294 e. The molecule has 0 radical (unpaired) electrons. The fourth-order valence-electron chi connectivity index (χ4n) is 1.92. The van der Waals surface area contributed by atoms with E-state index in [2.05, 4.69) is 4.98 Å². The highest BCUT2D eigenvalue weighted by atomic mass is 19.4. The second kappa shape index (κ2) is 5.38. The minimum absolute atomic E-state index is 0.104. The van der Waals surface area contributed by atoms with Gasteiger partial charge in [0, 0.05) is 30.0 Å². The standard InChI is InChI=1S/C14H12F3NO/c15-14(16,17)8-3-6-13(19)11-7-9-18-12-5-2-1-4-10(11)12/h1-2,4-5,7,9H,3,6,8H2. The Bertz CT molecular complexity index is 587. The van der Waals surface area contributed by atoms with Gasteiger partial charge >= 0.3 is 6.18 Å². The maximum Gasteiger partial charge on any atom is 0.389 e. The van der Waals surface area contributed by atoms with Gasteiger partial charge in [0.05, 0.1) is 5.52 Å². The van der Waals surface area contributed by atoms with E-state index in [1.54, 1.807) is 30.3 Å². The van der Waals surface area contributed by atoms with Crippen molar-refractivity contribution in [3.63, 3.8) is 0 Å². The van der Waals surface area contributed by atoms with Crippen LogP contribution in [-0.2, 0) is 0 Å². The summed E-state index contributed by atoms with van der Waals surface area (Å²) in [5.41, 5.74) is 1.11. The van der Waals surface area contributed by atoms with E-state index >= 15 is 0 Å². The number of rotatable bonds is 4. The first-order valence-corrected chi connectivity index (χ1v) is 5.91. The molecule has 0 aliphatic heterocycles. The number of para-hydroxylation sites is 1. The van der Waals surface area contributed by atoms with Gasteiger partial charge in [0.2, 0.25) is 0 Å². The zero-order chi connectivity index (χ0) is 13.9. The Morgan fingerprint density at radius 3 is 2.63 bits per heavy atom. The van der Waals surface area contributed by atoms with Crippen LogP contribution in [0.15, 0.2) is 36.5 Å². The molecular weight excluding hydrogens is 255 g/mol. The maximum absolute atomic E-state index is 12.0. The molecule has 0 spiro atoms. The van der Waals surface area contributed by atoms with Gasteiger partial charge in [-0.3, -0.25) is 9.78 Å². The summed E-state index contributed by atoms with van der Waals surface area (Å²) in [7, 11) is 0. The quantitative estimate of drug-likeness (QED) is 0.779. The minimum Gasteiger partial charge on any atom is -0.294 e. The predicted octanol–water partition coefficient (Wildman–Crippen LogP) is 4.15. The van der Waals surface area contributed by atoms with Crippen LogP contribution in [-0.4, -0.2) is 16.9 Å². The normalized spacial score (nSPS) is 11.7. The van der Waals surface area contributed by atoms with E-state index in [-0.39, 0.29) is 18.6 Å². The molecule has 0 amide bonds. The van der Waals surface area contributed by atoms with Crippen molar-refractivity contribution in [3.8, 4) is 0 Å². The topological polar surface area (TPSA) is 30.0 Å². The Hall–Kier alpha value is -1.91. The van der Waals surface area contributed by atoms with Crippen molar-refractivity contribution in [2.75, 3.05) is 0 Å². The molecule has 1 heterocycles. The zero-order valence-corrected chi connectivity index (χ0v) is 10.1. The van der Waals surface area contributed by atoms with E-state index in [9.17, 15) is 18.0 Å². The van der Waals surface area contributed by atoms with Crippen LogP contribution < -0.4 is 0 Å². The monoisotopic (exact) mass is 267 g/mol. The average molecular weight is 267 g/mol. The molecule has 1 aromatic carbocycles. The van der Waals surface area contributed by atoms with Crippen LogP contribution >= 0.6 is 0 Å². The number of carbonyl (C=O) groups excluding carboxylic acids is 1. The van der Waals surface area contributed by atoms with E-state index in [1.807, 2.05) is 0 Å². The number of fused-ring (bicyclic) bond motifs is 1. The van der Waals surface area contributed by atoms with Crippen molar-refractivity contribution in [3.05, 3.63) is 42.1 Å². The Balaban J connectivity index is 2.14. The number of ketones is 1. The highest BCUT2D eigenvalue weighted by Crippen LogP contribution is 2.24. The van der Waals surface area contributed by atoms with Crippen LogP contribution in [0.4, 0.5) is 13.2 Å². The number of halogens is 3. The number of benzene rings is 1. The molecule has 2 aromatic rings. The second-order valence-corrected chi connectivity index (χ2v) is 4.27. The fraction of sp³-hybridized carbons (Fsp3) is 0.286. The fourth-order valence-corrected chi connectivity index (χ4v) is 1.92. The molecule has 0 saturated carbocycles. The summed E-state index contributed by atoms with van der Waals surface area (Å²) in [5, 5.41) is 0.682. The molecular formula is C14H12F3NO. The molecule has 0 atom stereocenters. The van der Waals surface area contributed by atoms with E-state index in [4.69, 9.17) is 0 Å². The molecule has 2 nitrogen and oxygen atoms in total. The molecule has 0 N–H and O–H groups in total. The molecule has 0 fully saturated rings. The summed E-state index contributed by atoms with van der Waals surface area (Å²) in [6, 6.07) is 8.64. The number of Topliss-reactive ketones (excluding diaryl/α,β-unsaturated/α-hetero) is 1. The van der Waals surface area contributed by atoms with Gasteiger partial charge in [-0.1, -0.05) is 18.2 Å². The molecule has 100 valence electrons. The van der Waals surface area contributed by atoms with Gasteiger partial charge in [-0.2, -0.15) is 13.2 Å². The molecule has 0 aliphatic rings. The zero-order valence-electron chi connectivity index (χ0n) is 10.1. The summed E-state index contributed by atoms with van der Waals surface area (Å²) in [4.78, 5) is 16.1. The third-order valence-corrected chi connectivity index (χ3v) is 2.81. The molecule has 0 aliphatic carbocycles. The maximum atomic E-state index is 12.0. The lowest BCUT2D eigenvalue weighted by Gasteiger charge is -2.07. The number of hydrogen-bond donors (Lipinski definition) is 0. The van der Waals surface area contributed by atoms with Gasteiger partial charge in [0.25, 0.3) is 0 Å².